The Bertz CT molecular complexity index is 792. The summed E-state index contributed by atoms with van der Waals surface area (Å²) in [4.78, 5) is 16.8. The van der Waals surface area contributed by atoms with Crippen LogP contribution < -0.4 is 19.7 Å². The van der Waals surface area contributed by atoms with Crippen LogP contribution in [-0.4, -0.2) is 57.8 Å². The lowest BCUT2D eigenvalue weighted by Crippen LogP contribution is -2.48. The maximum Gasteiger partial charge on any atom is 0.238 e. The number of amides is 1. The first-order valence-electron chi connectivity index (χ1n) is 8.84. The number of anilines is 2. The van der Waals surface area contributed by atoms with E-state index in [0.29, 0.717) is 23.7 Å². The molecular formula is C20H24ClN3O3. The molecule has 0 spiro atoms. The molecule has 0 radical (unpaired) electrons. The Labute approximate surface area is 164 Å². The van der Waals surface area contributed by atoms with Crippen LogP contribution in [0.5, 0.6) is 11.5 Å². The number of carbonyl (C=O) groups excluding carboxylic acids is 1. The fourth-order valence-corrected chi connectivity index (χ4v) is 3.43. The molecule has 0 aliphatic carbocycles. The molecule has 1 aliphatic heterocycles. The SMILES string of the molecule is COc1ccc(NC(=O)CN2CCN(c3ccccc3Cl)CC2)cc1OC. The Kier molecular flexibility index (Phi) is 6.42. The normalized spacial score (nSPS) is 14.7. The number of hydrogen-bond acceptors (Lipinski definition) is 5. The monoisotopic (exact) mass is 389 g/mol. The van der Waals surface area contributed by atoms with Crippen LogP contribution in [0.4, 0.5) is 11.4 Å². The largest absolute Gasteiger partial charge is 0.493 e. The van der Waals surface area contributed by atoms with Gasteiger partial charge in [-0.25, -0.2) is 0 Å². The zero-order valence-corrected chi connectivity index (χ0v) is 16.3. The van der Waals surface area contributed by atoms with E-state index in [1.54, 1.807) is 32.4 Å². The van der Waals surface area contributed by atoms with Crippen molar-refractivity contribution >= 4 is 28.9 Å². The predicted octanol–water partition coefficient (Wildman–Crippen LogP) is 3.12. The van der Waals surface area contributed by atoms with Crippen molar-refractivity contribution in [2.24, 2.45) is 0 Å². The standard InChI is InChI=1S/C20H24ClN3O3/c1-26-18-8-7-15(13-19(18)27-2)22-20(25)14-23-9-11-24(12-10-23)17-6-4-3-5-16(17)21/h3-8,13H,9-12,14H2,1-2H3,(H,22,25). The fraction of sp³-hybridized carbons (Fsp3) is 0.350. The average Bonchev–Trinajstić information content (AvgIpc) is 2.69. The number of rotatable bonds is 6. The van der Waals surface area contributed by atoms with E-state index in [2.05, 4.69) is 15.1 Å². The van der Waals surface area contributed by atoms with Crippen LogP contribution in [0.2, 0.25) is 5.02 Å². The predicted molar refractivity (Wildman–Crippen MR) is 108 cm³/mol. The van der Waals surface area contributed by atoms with E-state index in [0.717, 1.165) is 36.9 Å². The number of nitrogens with zero attached hydrogens (tertiary/aromatic N) is 2. The second kappa shape index (κ2) is 8.97. The van der Waals surface area contributed by atoms with Gasteiger partial charge in [0.15, 0.2) is 11.5 Å². The molecule has 3 rings (SSSR count). The Morgan fingerprint density at radius 3 is 2.41 bits per heavy atom. The van der Waals surface area contributed by atoms with Crippen molar-refractivity contribution in [2.45, 2.75) is 0 Å². The van der Waals surface area contributed by atoms with Crippen molar-refractivity contribution in [1.82, 2.24) is 4.90 Å². The van der Waals surface area contributed by atoms with Crippen LogP contribution in [0, 0.1) is 0 Å². The average molecular weight is 390 g/mol. The molecule has 1 heterocycles. The van der Waals surface area contributed by atoms with Crippen LogP contribution in [-0.2, 0) is 4.79 Å². The Morgan fingerprint density at radius 1 is 1.04 bits per heavy atom. The molecule has 1 aliphatic rings. The summed E-state index contributed by atoms with van der Waals surface area (Å²) >= 11 is 6.28. The summed E-state index contributed by atoms with van der Waals surface area (Å²) < 4.78 is 10.5. The van der Waals surface area contributed by atoms with Gasteiger partial charge in [-0.1, -0.05) is 23.7 Å². The summed E-state index contributed by atoms with van der Waals surface area (Å²) in [5, 5.41) is 3.68. The molecule has 0 atom stereocenters. The number of para-hydroxylation sites is 1. The molecule has 27 heavy (non-hydrogen) atoms. The molecule has 144 valence electrons. The van der Waals surface area contributed by atoms with Gasteiger partial charge in [-0.3, -0.25) is 9.69 Å². The van der Waals surface area contributed by atoms with Crippen LogP contribution in [0.3, 0.4) is 0 Å². The van der Waals surface area contributed by atoms with E-state index < -0.39 is 0 Å². The smallest absolute Gasteiger partial charge is 0.238 e. The fourth-order valence-electron chi connectivity index (χ4n) is 3.17. The minimum absolute atomic E-state index is 0.0478. The highest BCUT2D eigenvalue weighted by Crippen LogP contribution is 2.30. The van der Waals surface area contributed by atoms with Gasteiger partial charge in [0.2, 0.25) is 5.91 Å². The van der Waals surface area contributed by atoms with E-state index in [9.17, 15) is 4.79 Å². The molecule has 1 fully saturated rings. The quantitative estimate of drug-likeness (QED) is 0.822. The van der Waals surface area contributed by atoms with Gasteiger partial charge in [0, 0.05) is 37.9 Å². The summed E-state index contributed by atoms with van der Waals surface area (Å²) in [5.41, 5.74) is 1.74. The molecule has 0 aromatic heterocycles. The zero-order valence-electron chi connectivity index (χ0n) is 15.6. The second-order valence-corrected chi connectivity index (χ2v) is 6.74. The van der Waals surface area contributed by atoms with Crippen molar-refractivity contribution < 1.29 is 14.3 Å². The lowest BCUT2D eigenvalue weighted by atomic mass is 10.2. The molecule has 1 N–H and O–H groups in total. The number of piperazine rings is 1. The maximum atomic E-state index is 12.4. The van der Waals surface area contributed by atoms with E-state index in [4.69, 9.17) is 21.1 Å². The molecular weight excluding hydrogens is 366 g/mol. The number of methoxy groups -OCH3 is 2. The van der Waals surface area contributed by atoms with E-state index >= 15 is 0 Å². The van der Waals surface area contributed by atoms with E-state index in [-0.39, 0.29) is 5.91 Å². The van der Waals surface area contributed by atoms with Crippen molar-refractivity contribution in [3.63, 3.8) is 0 Å². The summed E-state index contributed by atoms with van der Waals surface area (Å²) in [7, 11) is 3.15. The van der Waals surface area contributed by atoms with Crippen molar-refractivity contribution in [3.05, 3.63) is 47.5 Å². The highest BCUT2D eigenvalue weighted by atomic mass is 35.5. The van der Waals surface area contributed by atoms with Crippen LogP contribution >= 0.6 is 11.6 Å². The first-order valence-corrected chi connectivity index (χ1v) is 9.22. The van der Waals surface area contributed by atoms with Gasteiger partial charge in [0.05, 0.1) is 31.5 Å². The van der Waals surface area contributed by atoms with E-state index in [1.165, 1.54) is 0 Å². The zero-order chi connectivity index (χ0) is 19.2. The van der Waals surface area contributed by atoms with E-state index in [1.807, 2.05) is 24.3 Å². The van der Waals surface area contributed by atoms with Gasteiger partial charge < -0.3 is 19.7 Å². The van der Waals surface area contributed by atoms with Gasteiger partial charge in [-0.2, -0.15) is 0 Å². The topological polar surface area (TPSA) is 54.0 Å². The highest BCUT2D eigenvalue weighted by Gasteiger charge is 2.20. The highest BCUT2D eigenvalue weighted by molar-refractivity contribution is 6.33. The van der Waals surface area contributed by atoms with Crippen LogP contribution in [0.25, 0.3) is 0 Å². The number of hydrogen-bond donors (Lipinski definition) is 1. The molecule has 2 aromatic carbocycles. The number of ether oxygens (including phenoxy) is 2. The first-order chi connectivity index (χ1) is 13.1. The van der Waals surface area contributed by atoms with Gasteiger partial charge in [-0.05, 0) is 24.3 Å². The van der Waals surface area contributed by atoms with Crippen LogP contribution in [0.15, 0.2) is 42.5 Å². The van der Waals surface area contributed by atoms with Crippen LogP contribution in [0.1, 0.15) is 0 Å². The maximum absolute atomic E-state index is 12.4. The minimum Gasteiger partial charge on any atom is -0.493 e. The molecule has 2 aromatic rings. The third-order valence-corrected chi connectivity index (χ3v) is 4.92. The number of carbonyl (C=O) groups is 1. The Morgan fingerprint density at radius 2 is 1.74 bits per heavy atom. The van der Waals surface area contributed by atoms with Gasteiger partial charge in [0.25, 0.3) is 0 Å². The molecule has 7 heteroatoms. The lowest BCUT2D eigenvalue weighted by molar-refractivity contribution is -0.117. The summed E-state index contributed by atoms with van der Waals surface area (Å²) in [6.07, 6.45) is 0. The number of benzene rings is 2. The minimum atomic E-state index is -0.0478. The molecule has 0 saturated carbocycles. The summed E-state index contributed by atoms with van der Waals surface area (Å²) in [6, 6.07) is 13.2. The first kappa shape index (κ1) is 19.3. The Balaban J connectivity index is 1.52. The third-order valence-electron chi connectivity index (χ3n) is 4.60. The second-order valence-electron chi connectivity index (χ2n) is 6.33. The summed E-state index contributed by atoms with van der Waals surface area (Å²) in [5.74, 6) is 1.17. The van der Waals surface area contributed by atoms with Gasteiger partial charge in [0.1, 0.15) is 0 Å². The van der Waals surface area contributed by atoms with Crippen molar-refractivity contribution in [1.29, 1.82) is 0 Å². The van der Waals surface area contributed by atoms with Crippen molar-refractivity contribution in [2.75, 3.05) is 57.2 Å². The molecule has 0 bridgehead atoms. The Hall–Kier alpha value is -2.44. The molecule has 6 nitrogen and oxygen atoms in total. The molecule has 0 unspecified atom stereocenters. The third kappa shape index (κ3) is 4.84. The lowest BCUT2D eigenvalue weighted by Gasteiger charge is -2.36. The summed E-state index contributed by atoms with van der Waals surface area (Å²) in [6.45, 7) is 3.65. The molecule has 1 saturated heterocycles. The number of halogens is 1. The van der Waals surface area contributed by atoms with Gasteiger partial charge in [-0.15, -0.1) is 0 Å². The van der Waals surface area contributed by atoms with Gasteiger partial charge >= 0.3 is 0 Å². The van der Waals surface area contributed by atoms with Crippen molar-refractivity contribution in [3.8, 4) is 11.5 Å². The molecule has 1 amide bonds. The number of nitrogens with one attached hydrogen (secondary N) is 1.